The Balaban J connectivity index is 0.00000305. The molecule has 300 valence electrons. The Hall–Kier alpha value is -5.77. The van der Waals surface area contributed by atoms with E-state index < -0.39 is 10.8 Å². The molecule has 10 heteroatoms. The molecule has 2 aliphatic heterocycles. The van der Waals surface area contributed by atoms with Crippen LogP contribution < -0.4 is 14.4 Å². The Morgan fingerprint density at radius 2 is 1.21 bits per heavy atom. The van der Waals surface area contributed by atoms with Gasteiger partial charge < -0.3 is 14.4 Å². The van der Waals surface area contributed by atoms with Gasteiger partial charge in [-0.2, -0.15) is 4.58 Å². The molecule has 0 unspecified atom stereocenters. The molecule has 0 amide bonds. The van der Waals surface area contributed by atoms with Crippen LogP contribution in [0.5, 0.6) is 11.5 Å². The molecular formula is C47H57N4O6+. The number of non-ortho nitro benzene ring substituents is 2. The predicted molar refractivity (Wildman–Crippen MR) is 230 cm³/mol. The highest BCUT2D eigenvalue weighted by Crippen LogP contribution is 2.49. The predicted octanol–water partition coefficient (Wildman–Crippen LogP) is 11.2. The topological polar surface area (TPSA) is 111 Å². The minimum Gasteiger partial charge on any atom is -0.491 e. The number of rotatable bonds is 14. The number of nitro groups is 2. The van der Waals surface area contributed by atoms with E-state index >= 15 is 0 Å². The summed E-state index contributed by atoms with van der Waals surface area (Å²) < 4.78 is 14.0. The molecule has 4 aromatic rings. The van der Waals surface area contributed by atoms with Gasteiger partial charge in [-0.1, -0.05) is 58.0 Å². The van der Waals surface area contributed by atoms with Crippen LogP contribution in [0, 0.1) is 20.2 Å². The van der Waals surface area contributed by atoms with Gasteiger partial charge in [0.05, 0.1) is 27.5 Å². The molecule has 0 spiro atoms. The van der Waals surface area contributed by atoms with Crippen molar-refractivity contribution in [1.29, 1.82) is 0 Å². The first kappa shape index (κ1) is 42.4. The summed E-state index contributed by atoms with van der Waals surface area (Å²) in [5.41, 5.74) is 7.18. The summed E-state index contributed by atoms with van der Waals surface area (Å²) in [5.74, 6) is 1.66. The number of nitro benzene ring substituents is 2. The quantitative estimate of drug-likeness (QED) is 0.0712. The van der Waals surface area contributed by atoms with Crippen LogP contribution in [0.4, 0.5) is 22.7 Å². The van der Waals surface area contributed by atoms with Gasteiger partial charge in [0.25, 0.3) is 11.4 Å². The van der Waals surface area contributed by atoms with Crippen molar-refractivity contribution in [2.24, 2.45) is 0 Å². The Bertz CT molecular complexity index is 2180. The molecule has 0 aliphatic carbocycles. The van der Waals surface area contributed by atoms with Crippen molar-refractivity contribution in [3.05, 3.63) is 151 Å². The SMILES string of the molecule is CC.CC(C)Oc1ccc(CCN2/C(=C/C=C/C3=[N+](CCc4ccc(OC(C)C)cc4)c4ccc([N+](=O)[O-])cc4C3(C)C)C(C)(C)c3cc([N+](=O)[O-])ccc32)cc1. The number of hydrogen-bond acceptors (Lipinski definition) is 7. The van der Waals surface area contributed by atoms with Crippen LogP contribution in [-0.2, 0) is 23.7 Å². The van der Waals surface area contributed by atoms with Gasteiger partial charge in [-0.05, 0) is 101 Å². The van der Waals surface area contributed by atoms with Crippen LogP contribution in [0.2, 0.25) is 0 Å². The molecule has 2 heterocycles. The van der Waals surface area contributed by atoms with Gasteiger partial charge in [0, 0.05) is 71.7 Å². The average molecular weight is 774 g/mol. The largest absolute Gasteiger partial charge is 0.491 e. The zero-order chi connectivity index (χ0) is 41.7. The number of ether oxygens (including phenoxy) is 2. The zero-order valence-corrected chi connectivity index (χ0v) is 35.0. The highest BCUT2D eigenvalue weighted by molar-refractivity contribution is 6.03. The maximum Gasteiger partial charge on any atom is 0.270 e. The van der Waals surface area contributed by atoms with Crippen LogP contribution in [0.3, 0.4) is 0 Å². The van der Waals surface area contributed by atoms with E-state index in [-0.39, 0.29) is 33.4 Å². The molecular weight excluding hydrogens is 717 g/mol. The van der Waals surface area contributed by atoms with Gasteiger partial charge in [0.15, 0.2) is 12.3 Å². The summed E-state index contributed by atoms with van der Waals surface area (Å²) in [4.78, 5) is 25.3. The normalized spacial score (nSPS) is 15.9. The highest BCUT2D eigenvalue weighted by Gasteiger charge is 2.45. The van der Waals surface area contributed by atoms with Crippen molar-refractivity contribution >= 4 is 28.5 Å². The molecule has 0 saturated carbocycles. The van der Waals surface area contributed by atoms with Crippen molar-refractivity contribution in [2.45, 2.75) is 105 Å². The third kappa shape index (κ3) is 9.28. The molecule has 0 N–H and O–H groups in total. The number of hydrogen-bond donors (Lipinski definition) is 0. The summed E-state index contributed by atoms with van der Waals surface area (Å²) in [7, 11) is 0. The zero-order valence-electron chi connectivity index (χ0n) is 35.0. The second-order valence-electron chi connectivity index (χ2n) is 15.9. The average Bonchev–Trinajstić information content (AvgIpc) is 3.51. The summed E-state index contributed by atoms with van der Waals surface area (Å²) in [6.45, 7) is 21.8. The maximum atomic E-state index is 11.8. The lowest BCUT2D eigenvalue weighted by Gasteiger charge is -2.27. The smallest absolute Gasteiger partial charge is 0.270 e. The van der Waals surface area contributed by atoms with E-state index in [1.54, 1.807) is 24.3 Å². The fourth-order valence-corrected chi connectivity index (χ4v) is 7.76. The lowest BCUT2D eigenvalue weighted by molar-refractivity contribution is -0.437. The molecule has 10 nitrogen and oxygen atoms in total. The van der Waals surface area contributed by atoms with E-state index in [9.17, 15) is 20.2 Å². The fourth-order valence-electron chi connectivity index (χ4n) is 7.76. The van der Waals surface area contributed by atoms with Crippen molar-refractivity contribution in [3.63, 3.8) is 0 Å². The van der Waals surface area contributed by atoms with Gasteiger partial charge in [0.2, 0.25) is 5.69 Å². The summed E-state index contributed by atoms with van der Waals surface area (Å²) in [6, 6.07) is 26.6. The highest BCUT2D eigenvalue weighted by atomic mass is 16.6. The minimum atomic E-state index is -0.523. The van der Waals surface area contributed by atoms with Crippen LogP contribution >= 0.6 is 0 Å². The van der Waals surface area contributed by atoms with E-state index in [1.807, 2.05) is 77.9 Å². The Labute approximate surface area is 337 Å². The molecule has 2 aliphatic rings. The van der Waals surface area contributed by atoms with Crippen LogP contribution in [-0.4, -0.2) is 45.4 Å². The summed E-state index contributed by atoms with van der Waals surface area (Å²) in [6.07, 6.45) is 7.99. The Morgan fingerprint density at radius 3 is 1.74 bits per heavy atom. The van der Waals surface area contributed by atoms with E-state index in [1.165, 1.54) is 0 Å². The molecule has 0 saturated heterocycles. The Morgan fingerprint density at radius 1 is 0.702 bits per heavy atom. The van der Waals surface area contributed by atoms with E-state index in [4.69, 9.17) is 9.47 Å². The molecule has 6 rings (SSSR count). The third-order valence-corrected chi connectivity index (χ3v) is 10.5. The third-order valence-electron chi connectivity index (χ3n) is 10.5. The van der Waals surface area contributed by atoms with Crippen LogP contribution in [0.25, 0.3) is 0 Å². The molecule has 0 bridgehead atoms. The second-order valence-corrected chi connectivity index (χ2v) is 15.9. The maximum absolute atomic E-state index is 11.8. The van der Waals surface area contributed by atoms with Gasteiger partial charge >= 0.3 is 0 Å². The fraction of sp³-hybridized carbons (Fsp3) is 0.383. The van der Waals surface area contributed by atoms with Crippen LogP contribution in [0.15, 0.2) is 109 Å². The lowest BCUT2D eigenvalue weighted by Crippen LogP contribution is -2.29. The number of fused-ring (bicyclic) bond motifs is 2. The van der Waals surface area contributed by atoms with Gasteiger partial charge in [-0.3, -0.25) is 20.2 Å². The summed E-state index contributed by atoms with van der Waals surface area (Å²) in [5, 5.41) is 23.7. The standard InChI is InChI=1S/C45H51N4O6.C2H6/c1-30(2)54-36-18-12-32(13-19-36)24-26-46-40-22-16-34(48(50)51)28-38(40)44(5,6)42(46)10-9-11-43-45(7,8)39-29-35(49(52)53)17-23-41(39)47(43)27-25-33-14-20-37(21-15-33)55-31(3)4;1-2/h9-23,28-31H,24-27H2,1-8H3;1-2H3/q+1;. The van der Waals surface area contributed by atoms with Crippen molar-refractivity contribution < 1.29 is 23.9 Å². The van der Waals surface area contributed by atoms with Gasteiger partial charge in [-0.25, -0.2) is 0 Å². The van der Waals surface area contributed by atoms with Crippen molar-refractivity contribution in [1.82, 2.24) is 0 Å². The molecule has 57 heavy (non-hydrogen) atoms. The molecule has 0 radical (unpaired) electrons. The first-order valence-corrected chi connectivity index (χ1v) is 20.0. The summed E-state index contributed by atoms with van der Waals surface area (Å²) >= 11 is 0. The number of anilines is 1. The first-order valence-electron chi connectivity index (χ1n) is 20.0. The van der Waals surface area contributed by atoms with Crippen molar-refractivity contribution in [3.8, 4) is 11.5 Å². The van der Waals surface area contributed by atoms with Crippen molar-refractivity contribution in [2.75, 3.05) is 18.0 Å². The number of benzene rings is 4. The lowest BCUT2D eigenvalue weighted by atomic mass is 9.81. The Kier molecular flexibility index (Phi) is 13.1. The van der Waals surface area contributed by atoms with Gasteiger partial charge in [-0.15, -0.1) is 0 Å². The van der Waals surface area contributed by atoms with Gasteiger partial charge in [0.1, 0.15) is 11.5 Å². The second kappa shape index (κ2) is 17.6. The van der Waals surface area contributed by atoms with E-state index in [0.29, 0.717) is 13.1 Å². The first-order chi connectivity index (χ1) is 27.1. The minimum absolute atomic E-state index is 0.0668. The molecule has 0 aromatic heterocycles. The monoisotopic (exact) mass is 773 g/mol. The molecule has 0 atom stereocenters. The van der Waals surface area contributed by atoms with E-state index in [2.05, 4.69) is 79.7 Å². The van der Waals surface area contributed by atoms with Crippen LogP contribution in [0.1, 0.15) is 91.5 Å². The van der Waals surface area contributed by atoms with E-state index in [0.717, 1.165) is 69.4 Å². The molecule has 4 aromatic carbocycles. The number of allylic oxidation sites excluding steroid dienone is 4. The molecule has 0 fully saturated rings. The number of nitrogens with zero attached hydrogens (tertiary/aromatic N) is 4.